The standard InChI is InChI=1S/C15H22N2O2/c1-12(2)17(14-8-9-16-10-14)15(18)19-11-13-6-4-3-5-7-13/h3-7,12,14,16H,8-11H2,1-2H3. The molecule has 0 aliphatic carbocycles. The maximum Gasteiger partial charge on any atom is 0.410 e. The molecule has 1 aliphatic heterocycles. The van der Waals surface area contributed by atoms with E-state index in [4.69, 9.17) is 4.74 Å². The summed E-state index contributed by atoms with van der Waals surface area (Å²) in [5, 5.41) is 3.29. The van der Waals surface area contributed by atoms with Gasteiger partial charge in [0.1, 0.15) is 6.61 Å². The molecule has 1 aromatic rings. The van der Waals surface area contributed by atoms with Gasteiger partial charge >= 0.3 is 6.09 Å². The van der Waals surface area contributed by atoms with Gasteiger partial charge in [-0.1, -0.05) is 30.3 Å². The van der Waals surface area contributed by atoms with Gasteiger partial charge in [-0.05, 0) is 32.4 Å². The Hall–Kier alpha value is -1.55. The summed E-state index contributed by atoms with van der Waals surface area (Å²) in [7, 11) is 0. The largest absolute Gasteiger partial charge is 0.445 e. The van der Waals surface area contributed by atoms with E-state index in [9.17, 15) is 4.79 Å². The number of hydrogen-bond acceptors (Lipinski definition) is 3. The minimum atomic E-state index is -0.215. The van der Waals surface area contributed by atoms with Gasteiger partial charge in [0, 0.05) is 18.6 Å². The van der Waals surface area contributed by atoms with Crippen LogP contribution in [0, 0.1) is 0 Å². The highest BCUT2D eigenvalue weighted by Gasteiger charge is 2.29. The van der Waals surface area contributed by atoms with Crippen molar-refractivity contribution in [2.45, 2.75) is 39.0 Å². The molecule has 4 nitrogen and oxygen atoms in total. The van der Waals surface area contributed by atoms with Gasteiger partial charge in [-0.3, -0.25) is 0 Å². The molecule has 104 valence electrons. The maximum absolute atomic E-state index is 12.2. The molecule has 1 N–H and O–H groups in total. The minimum Gasteiger partial charge on any atom is -0.445 e. The second-order valence-electron chi connectivity index (χ2n) is 5.19. The number of carbonyl (C=O) groups excluding carboxylic acids is 1. The zero-order valence-corrected chi connectivity index (χ0v) is 11.6. The molecule has 1 atom stereocenters. The zero-order valence-electron chi connectivity index (χ0n) is 11.6. The lowest BCUT2D eigenvalue weighted by Crippen LogP contribution is -2.46. The number of amides is 1. The maximum atomic E-state index is 12.2. The van der Waals surface area contributed by atoms with Crippen molar-refractivity contribution in [3.8, 4) is 0 Å². The van der Waals surface area contributed by atoms with Gasteiger partial charge < -0.3 is 15.0 Å². The van der Waals surface area contributed by atoms with Gasteiger partial charge in [-0.15, -0.1) is 0 Å². The molecule has 2 rings (SSSR count). The van der Waals surface area contributed by atoms with Crippen LogP contribution in [0.5, 0.6) is 0 Å². The summed E-state index contributed by atoms with van der Waals surface area (Å²) in [5.74, 6) is 0. The molecule has 1 unspecified atom stereocenters. The van der Waals surface area contributed by atoms with Crippen molar-refractivity contribution in [1.29, 1.82) is 0 Å². The van der Waals surface area contributed by atoms with Gasteiger partial charge in [0.05, 0.1) is 0 Å². The summed E-state index contributed by atoms with van der Waals surface area (Å²) >= 11 is 0. The van der Waals surface area contributed by atoms with E-state index in [0.717, 1.165) is 25.1 Å². The first-order valence-electron chi connectivity index (χ1n) is 6.88. The van der Waals surface area contributed by atoms with Crippen molar-refractivity contribution >= 4 is 6.09 Å². The Morgan fingerprint density at radius 3 is 2.74 bits per heavy atom. The summed E-state index contributed by atoms with van der Waals surface area (Å²) in [6.07, 6.45) is 0.783. The summed E-state index contributed by atoms with van der Waals surface area (Å²) in [5.41, 5.74) is 1.02. The highest BCUT2D eigenvalue weighted by atomic mass is 16.6. The molecule has 0 bridgehead atoms. The van der Waals surface area contributed by atoms with Crippen LogP contribution in [0.1, 0.15) is 25.8 Å². The van der Waals surface area contributed by atoms with E-state index in [0.29, 0.717) is 6.61 Å². The van der Waals surface area contributed by atoms with Crippen molar-refractivity contribution < 1.29 is 9.53 Å². The first-order valence-corrected chi connectivity index (χ1v) is 6.88. The fourth-order valence-corrected chi connectivity index (χ4v) is 2.45. The second kappa shape index (κ2) is 6.57. The predicted molar refractivity (Wildman–Crippen MR) is 74.9 cm³/mol. The van der Waals surface area contributed by atoms with Crippen LogP contribution in [0.25, 0.3) is 0 Å². The molecular formula is C15H22N2O2. The van der Waals surface area contributed by atoms with Crippen LogP contribution in [0.2, 0.25) is 0 Å². The van der Waals surface area contributed by atoms with Crippen LogP contribution in [0.3, 0.4) is 0 Å². The fraction of sp³-hybridized carbons (Fsp3) is 0.533. The number of rotatable bonds is 4. The van der Waals surface area contributed by atoms with Crippen LogP contribution in [0.15, 0.2) is 30.3 Å². The number of benzene rings is 1. The molecule has 0 radical (unpaired) electrons. The molecule has 1 aromatic carbocycles. The lowest BCUT2D eigenvalue weighted by molar-refractivity contribution is 0.0707. The molecule has 0 saturated carbocycles. The topological polar surface area (TPSA) is 41.6 Å². The molecule has 1 fully saturated rings. The molecule has 1 amide bonds. The summed E-state index contributed by atoms with van der Waals surface area (Å²) in [6.45, 7) is 6.23. The third kappa shape index (κ3) is 3.70. The predicted octanol–water partition coefficient (Wildman–Crippen LogP) is 2.40. The number of nitrogens with zero attached hydrogens (tertiary/aromatic N) is 1. The quantitative estimate of drug-likeness (QED) is 0.906. The van der Waals surface area contributed by atoms with Crippen LogP contribution >= 0.6 is 0 Å². The molecule has 4 heteroatoms. The second-order valence-corrected chi connectivity index (χ2v) is 5.19. The number of ether oxygens (including phenoxy) is 1. The molecule has 1 aliphatic rings. The van der Waals surface area contributed by atoms with Crippen molar-refractivity contribution in [1.82, 2.24) is 10.2 Å². The number of nitrogens with one attached hydrogen (secondary N) is 1. The average molecular weight is 262 g/mol. The Bertz CT molecular complexity index is 400. The average Bonchev–Trinajstić information content (AvgIpc) is 2.91. The third-order valence-corrected chi connectivity index (χ3v) is 3.40. The molecule has 1 heterocycles. The first kappa shape index (κ1) is 13.9. The van der Waals surface area contributed by atoms with Crippen LogP contribution in [-0.4, -0.2) is 36.2 Å². The van der Waals surface area contributed by atoms with Crippen LogP contribution in [-0.2, 0) is 11.3 Å². The third-order valence-electron chi connectivity index (χ3n) is 3.40. The number of hydrogen-bond donors (Lipinski definition) is 1. The Balaban J connectivity index is 1.92. The summed E-state index contributed by atoms with van der Waals surface area (Å²) in [6, 6.07) is 10.2. The lowest BCUT2D eigenvalue weighted by atomic mass is 10.2. The normalized spacial score (nSPS) is 18.6. The van der Waals surface area contributed by atoms with E-state index in [2.05, 4.69) is 5.32 Å². The zero-order chi connectivity index (χ0) is 13.7. The Labute approximate surface area is 114 Å². The van der Waals surface area contributed by atoms with E-state index in [1.165, 1.54) is 0 Å². The first-order chi connectivity index (χ1) is 9.18. The SMILES string of the molecule is CC(C)N(C(=O)OCc1ccccc1)C1CCNC1. The Morgan fingerprint density at radius 1 is 1.42 bits per heavy atom. The van der Waals surface area contributed by atoms with Gasteiger partial charge in [-0.2, -0.15) is 0 Å². The van der Waals surface area contributed by atoms with Gasteiger partial charge in [0.2, 0.25) is 0 Å². The molecular weight excluding hydrogens is 240 g/mol. The van der Waals surface area contributed by atoms with E-state index in [1.807, 2.05) is 49.1 Å². The minimum absolute atomic E-state index is 0.160. The van der Waals surface area contributed by atoms with E-state index in [-0.39, 0.29) is 18.2 Å². The molecule has 0 spiro atoms. The molecule has 0 aromatic heterocycles. The van der Waals surface area contributed by atoms with E-state index in [1.54, 1.807) is 0 Å². The summed E-state index contributed by atoms with van der Waals surface area (Å²) < 4.78 is 5.42. The fourth-order valence-electron chi connectivity index (χ4n) is 2.45. The molecule has 19 heavy (non-hydrogen) atoms. The lowest BCUT2D eigenvalue weighted by Gasteiger charge is -2.31. The van der Waals surface area contributed by atoms with Crippen molar-refractivity contribution in [3.05, 3.63) is 35.9 Å². The highest BCUT2D eigenvalue weighted by Crippen LogP contribution is 2.15. The monoisotopic (exact) mass is 262 g/mol. The Kier molecular flexibility index (Phi) is 4.80. The van der Waals surface area contributed by atoms with E-state index < -0.39 is 0 Å². The smallest absolute Gasteiger partial charge is 0.410 e. The molecule has 1 saturated heterocycles. The number of carbonyl (C=O) groups is 1. The summed E-state index contributed by atoms with van der Waals surface area (Å²) in [4.78, 5) is 14.1. The highest BCUT2D eigenvalue weighted by molar-refractivity contribution is 5.68. The van der Waals surface area contributed by atoms with E-state index >= 15 is 0 Å². The van der Waals surface area contributed by atoms with Crippen molar-refractivity contribution in [2.75, 3.05) is 13.1 Å². The van der Waals surface area contributed by atoms with Crippen LogP contribution < -0.4 is 5.32 Å². The van der Waals surface area contributed by atoms with Gasteiger partial charge in [0.25, 0.3) is 0 Å². The van der Waals surface area contributed by atoms with Gasteiger partial charge in [0.15, 0.2) is 0 Å². The van der Waals surface area contributed by atoms with Crippen LogP contribution in [0.4, 0.5) is 4.79 Å². The Morgan fingerprint density at radius 2 is 2.16 bits per heavy atom. The van der Waals surface area contributed by atoms with Crippen molar-refractivity contribution in [2.24, 2.45) is 0 Å². The van der Waals surface area contributed by atoms with Crippen molar-refractivity contribution in [3.63, 3.8) is 0 Å². The van der Waals surface area contributed by atoms with Gasteiger partial charge in [-0.25, -0.2) is 4.79 Å².